The Hall–Kier alpha value is -3.61. The summed E-state index contributed by atoms with van der Waals surface area (Å²) in [6, 6.07) is 11.3. The number of unbranched alkanes of at least 4 members (excludes halogenated alkanes) is 3. The summed E-state index contributed by atoms with van der Waals surface area (Å²) in [5.41, 5.74) is 1.97. The van der Waals surface area contributed by atoms with Crippen molar-refractivity contribution in [2.75, 3.05) is 106 Å². The van der Waals surface area contributed by atoms with Gasteiger partial charge in [-0.2, -0.15) is 5.10 Å². The lowest BCUT2D eigenvalue weighted by Crippen LogP contribution is -2.23. The minimum Gasteiger partial charge on any atom is -0.494 e. The number of terminal acetylenes is 1. The average molecular weight is 716 g/mol. The molecule has 0 bridgehead atoms. The van der Waals surface area contributed by atoms with Crippen LogP contribution in [-0.4, -0.2) is 121 Å². The first-order valence-corrected chi connectivity index (χ1v) is 17.7. The van der Waals surface area contributed by atoms with Crippen LogP contribution in [0.15, 0.2) is 49.1 Å². The molecule has 51 heavy (non-hydrogen) atoms. The molecule has 0 radical (unpaired) electrons. The van der Waals surface area contributed by atoms with E-state index in [1.807, 2.05) is 30.3 Å². The molecule has 0 aliphatic rings. The molecule has 284 valence electrons. The molecular formula is C38H57N3O10. The molecule has 13 heteroatoms. The van der Waals surface area contributed by atoms with E-state index in [1.165, 1.54) is 6.08 Å². The number of aromatic nitrogens is 2. The number of ether oxygens (including phenoxy) is 9. The fraction of sp³-hybridized carbons (Fsp3) is 0.605. The number of carbonyl (C=O) groups excluding carboxylic acids is 1. The second-order valence-electron chi connectivity index (χ2n) is 11.1. The van der Waals surface area contributed by atoms with Crippen LogP contribution in [0.1, 0.15) is 38.5 Å². The van der Waals surface area contributed by atoms with Crippen molar-refractivity contribution in [3.8, 4) is 29.4 Å². The number of hydrogen-bond acceptors (Lipinski definition) is 12. The first kappa shape index (κ1) is 43.6. The fourth-order valence-corrected chi connectivity index (χ4v) is 4.41. The van der Waals surface area contributed by atoms with Crippen molar-refractivity contribution in [3.05, 3.63) is 54.5 Å². The highest BCUT2D eigenvalue weighted by atomic mass is 16.6. The smallest absolute Gasteiger partial charge is 0.306 e. The van der Waals surface area contributed by atoms with Gasteiger partial charge < -0.3 is 42.6 Å². The number of nitrogens with one attached hydrogen (secondary N) is 1. The third kappa shape index (κ3) is 23.5. The third-order valence-corrected chi connectivity index (χ3v) is 7.04. The van der Waals surface area contributed by atoms with Gasteiger partial charge in [0.2, 0.25) is 0 Å². The van der Waals surface area contributed by atoms with E-state index >= 15 is 0 Å². The van der Waals surface area contributed by atoms with Crippen molar-refractivity contribution < 1.29 is 47.4 Å². The van der Waals surface area contributed by atoms with Crippen LogP contribution in [0, 0.1) is 17.8 Å². The lowest BCUT2D eigenvalue weighted by Gasteiger charge is -2.10. The first-order chi connectivity index (χ1) is 25.1. The number of aryl methyl sites for hydroxylation is 1. The van der Waals surface area contributed by atoms with Gasteiger partial charge in [0.15, 0.2) is 0 Å². The number of nitrogens with zero attached hydrogens (tertiary/aromatic N) is 2. The Balaban J connectivity index is 1.36. The van der Waals surface area contributed by atoms with Gasteiger partial charge in [-0.1, -0.05) is 25.0 Å². The average Bonchev–Trinajstić information content (AvgIpc) is 3.14. The van der Waals surface area contributed by atoms with E-state index in [-0.39, 0.29) is 24.5 Å². The van der Waals surface area contributed by atoms with Crippen molar-refractivity contribution in [1.82, 2.24) is 9.78 Å². The summed E-state index contributed by atoms with van der Waals surface area (Å²) in [7, 11) is 0. The van der Waals surface area contributed by atoms with Crippen LogP contribution < -0.4 is 10.2 Å². The minimum absolute atomic E-state index is 0.206. The van der Waals surface area contributed by atoms with E-state index in [9.17, 15) is 4.79 Å². The highest BCUT2D eigenvalue weighted by molar-refractivity contribution is 5.69. The van der Waals surface area contributed by atoms with Crippen LogP contribution in [0.4, 0.5) is 0 Å². The molecule has 0 unspecified atom stereocenters. The second-order valence-corrected chi connectivity index (χ2v) is 11.1. The van der Waals surface area contributed by atoms with Crippen LogP contribution in [0.5, 0.6) is 5.75 Å². The molecule has 1 aromatic carbocycles. The predicted molar refractivity (Wildman–Crippen MR) is 192 cm³/mol. The molecule has 0 saturated heterocycles. The Morgan fingerprint density at radius 2 is 1.24 bits per heavy atom. The zero-order valence-electron chi connectivity index (χ0n) is 30.1. The molecule has 2 rings (SSSR count). The monoisotopic (exact) mass is 715 g/mol. The number of esters is 1. The molecule has 1 heterocycles. The van der Waals surface area contributed by atoms with Crippen LogP contribution in [0.2, 0.25) is 0 Å². The van der Waals surface area contributed by atoms with Gasteiger partial charge in [-0.15, -0.1) is 6.42 Å². The van der Waals surface area contributed by atoms with Crippen molar-refractivity contribution in [3.63, 3.8) is 0 Å². The predicted octanol–water partition coefficient (Wildman–Crippen LogP) is 4.23. The maximum absolute atomic E-state index is 11.7. The summed E-state index contributed by atoms with van der Waals surface area (Å²) in [5.74, 6) is 2.93. The molecule has 0 aliphatic carbocycles. The minimum atomic E-state index is -0.282. The number of benzene rings is 1. The largest absolute Gasteiger partial charge is 0.494 e. The van der Waals surface area contributed by atoms with E-state index in [4.69, 9.17) is 54.5 Å². The molecule has 0 aliphatic heterocycles. The van der Waals surface area contributed by atoms with Crippen molar-refractivity contribution in [2.24, 2.45) is 0 Å². The molecule has 13 nitrogen and oxygen atoms in total. The molecular weight excluding hydrogens is 658 g/mol. The Labute approximate surface area is 303 Å². The standard InChI is InChI=1S/C38H57N3O10/c1-3-18-43-22-24-45-26-28-47-30-32-49-33-31-48-29-27-46-25-23-44-20-7-5-6-8-21-50-35-13-11-34(12-14-35)36-15-16-37(39)41(40-36)17-9-10-38(42)51-19-4-2/h1,4,11-16,39H,2,5-10,17-33H2. The number of carbonyl (C=O) groups is 1. The van der Waals surface area contributed by atoms with Gasteiger partial charge in [0.1, 0.15) is 24.5 Å². The van der Waals surface area contributed by atoms with Crippen LogP contribution in [0.25, 0.3) is 11.3 Å². The maximum Gasteiger partial charge on any atom is 0.306 e. The van der Waals surface area contributed by atoms with E-state index in [1.54, 1.807) is 10.7 Å². The molecule has 0 spiro atoms. The molecule has 2 aromatic rings. The van der Waals surface area contributed by atoms with Gasteiger partial charge in [-0.3, -0.25) is 10.2 Å². The topological polar surface area (TPSA) is 142 Å². The molecule has 0 fully saturated rings. The summed E-state index contributed by atoms with van der Waals surface area (Å²) < 4.78 is 50.6. The van der Waals surface area contributed by atoms with Gasteiger partial charge >= 0.3 is 5.97 Å². The van der Waals surface area contributed by atoms with Crippen LogP contribution in [0.3, 0.4) is 0 Å². The number of rotatable bonds is 34. The summed E-state index contributed by atoms with van der Waals surface area (Å²) in [4.78, 5) is 11.7. The van der Waals surface area contributed by atoms with E-state index in [0.29, 0.717) is 105 Å². The van der Waals surface area contributed by atoms with Crippen LogP contribution in [-0.2, 0) is 49.2 Å². The van der Waals surface area contributed by atoms with Crippen molar-refractivity contribution in [1.29, 1.82) is 5.41 Å². The molecule has 1 N–H and O–H groups in total. The third-order valence-electron chi connectivity index (χ3n) is 7.04. The van der Waals surface area contributed by atoms with Gasteiger partial charge in [-0.25, -0.2) is 4.68 Å². The molecule has 0 amide bonds. The Morgan fingerprint density at radius 1 is 0.706 bits per heavy atom. The summed E-state index contributed by atoms with van der Waals surface area (Å²) in [5, 5.41) is 12.7. The van der Waals surface area contributed by atoms with Gasteiger partial charge in [-0.05, 0) is 62.1 Å². The SMILES string of the molecule is C#CCOCCOCCOCCOCCOCCOCCOCCCCCCOc1ccc(-c2ccc(=N)n(CCCC(=O)OCC=C)n2)cc1. The van der Waals surface area contributed by atoms with E-state index < -0.39 is 0 Å². The highest BCUT2D eigenvalue weighted by Gasteiger charge is 2.06. The Kier molecular flexibility index (Phi) is 26.6. The summed E-state index contributed by atoms with van der Waals surface area (Å²) >= 11 is 0. The number of hydrogen-bond donors (Lipinski definition) is 1. The zero-order chi connectivity index (χ0) is 36.5. The highest BCUT2D eigenvalue weighted by Crippen LogP contribution is 2.20. The first-order valence-electron chi connectivity index (χ1n) is 17.7. The van der Waals surface area contributed by atoms with Gasteiger partial charge in [0.25, 0.3) is 0 Å². The van der Waals surface area contributed by atoms with Crippen LogP contribution >= 0.6 is 0 Å². The molecule has 0 saturated carbocycles. The van der Waals surface area contributed by atoms with Gasteiger partial charge in [0, 0.05) is 25.1 Å². The lowest BCUT2D eigenvalue weighted by atomic mass is 10.1. The quantitative estimate of drug-likeness (QED) is 0.0482. The van der Waals surface area contributed by atoms with Crippen molar-refractivity contribution in [2.45, 2.75) is 45.1 Å². The van der Waals surface area contributed by atoms with E-state index in [0.717, 1.165) is 49.3 Å². The lowest BCUT2D eigenvalue weighted by molar-refractivity contribution is -0.142. The molecule has 0 atom stereocenters. The molecule has 1 aromatic heterocycles. The van der Waals surface area contributed by atoms with Crippen molar-refractivity contribution >= 4 is 5.97 Å². The Morgan fingerprint density at radius 3 is 1.78 bits per heavy atom. The fourth-order valence-electron chi connectivity index (χ4n) is 4.41. The normalized spacial score (nSPS) is 11.0. The summed E-state index contributed by atoms with van der Waals surface area (Å²) in [6.45, 7) is 12.1. The maximum atomic E-state index is 11.7. The zero-order valence-corrected chi connectivity index (χ0v) is 30.1. The Bertz CT molecular complexity index is 1270. The van der Waals surface area contributed by atoms with Gasteiger partial charge in [0.05, 0.1) is 91.6 Å². The summed E-state index contributed by atoms with van der Waals surface area (Å²) in [6.07, 6.45) is 11.6. The van der Waals surface area contributed by atoms with E-state index in [2.05, 4.69) is 17.6 Å². The second kappa shape index (κ2) is 31.2.